The molecular weight excluding hydrogens is 412 g/mol. The highest BCUT2D eigenvalue weighted by Crippen LogP contribution is 2.32. The number of hydrogen-bond acceptors (Lipinski definition) is 5. The zero-order chi connectivity index (χ0) is 21.8. The minimum absolute atomic E-state index is 0.0367. The van der Waals surface area contributed by atoms with E-state index in [1.54, 1.807) is 6.92 Å². The van der Waals surface area contributed by atoms with Crippen molar-refractivity contribution in [3.05, 3.63) is 60.3 Å². The molecule has 0 unspecified atom stereocenters. The lowest BCUT2D eigenvalue weighted by Gasteiger charge is -2.11. The lowest BCUT2D eigenvalue weighted by atomic mass is 10.1. The molecule has 0 saturated carbocycles. The van der Waals surface area contributed by atoms with Gasteiger partial charge in [-0.25, -0.2) is 4.79 Å². The van der Waals surface area contributed by atoms with Gasteiger partial charge in [-0.1, -0.05) is 42.1 Å². The Bertz CT molecular complexity index is 1250. The van der Waals surface area contributed by atoms with Gasteiger partial charge in [0.1, 0.15) is 0 Å². The van der Waals surface area contributed by atoms with Crippen LogP contribution in [0.3, 0.4) is 0 Å². The molecule has 4 rings (SSSR count). The number of para-hydroxylation sites is 1. The normalized spacial score (nSPS) is 10.9. The van der Waals surface area contributed by atoms with Crippen molar-refractivity contribution in [2.75, 3.05) is 12.3 Å². The number of rotatable bonds is 6. The third kappa shape index (κ3) is 4.46. The maximum Gasteiger partial charge on any atom is 0.321 e. The van der Waals surface area contributed by atoms with Crippen molar-refractivity contribution in [1.82, 2.24) is 30.4 Å². The van der Waals surface area contributed by atoms with E-state index in [2.05, 4.69) is 25.8 Å². The molecule has 9 heteroatoms. The molecule has 3 N–H and O–H groups in total. The van der Waals surface area contributed by atoms with Crippen LogP contribution < -0.4 is 10.6 Å². The average Bonchev–Trinajstić information content (AvgIpc) is 3.36. The summed E-state index contributed by atoms with van der Waals surface area (Å²) >= 11 is 1.23. The van der Waals surface area contributed by atoms with E-state index in [4.69, 9.17) is 0 Å². The molecule has 2 aromatic carbocycles. The molecule has 0 aliphatic rings. The van der Waals surface area contributed by atoms with Gasteiger partial charge in [0.15, 0.2) is 11.0 Å². The highest BCUT2D eigenvalue weighted by molar-refractivity contribution is 7.99. The number of hydrogen-bond donors (Lipinski definition) is 3. The van der Waals surface area contributed by atoms with Crippen LogP contribution in [0.4, 0.5) is 4.79 Å². The van der Waals surface area contributed by atoms with Crippen LogP contribution in [-0.4, -0.2) is 44.0 Å². The number of H-pyrrole nitrogens is 1. The zero-order valence-corrected chi connectivity index (χ0v) is 18.0. The molecule has 0 aliphatic carbocycles. The Hall–Kier alpha value is -3.59. The van der Waals surface area contributed by atoms with E-state index in [9.17, 15) is 9.59 Å². The highest BCUT2D eigenvalue weighted by atomic mass is 32.2. The van der Waals surface area contributed by atoms with Gasteiger partial charge < -0.3 is 10.3 Å². The van der Waals surface area contributed by atoms with Gasteiger partial charge in [0.2, 0.25) is 5.91 Å². The molecule has 31 heavy (non-hydrogen) atoms. The van der Waals surface area contributed by atoms with Crippen molar-refractivity contribution in [2.45, 2.75) is 19.0 Å². The summed E-state index contributed by atoms with van der Waals surface area (Å²) in [5, 5.41) is 15.2. The van der Waals surface area contributed by atoms with E-state index in [1.807, 2.05) is 66.2 Å². The van der Waals surface area contributed by atoms with Crippen molar-refractivity contribution in [1.29, 1.82) is 0 Å². The number of aromatic amines is 1. The number of urea groups is 1. The average molecular weight is 435 g/mol. The summed E-state index contributed by atoms with van der Waals surface area (Å²) in [4.78, 5) is 27.0. The lowest BCUT2D eigenvalue weighted by molar-refractivity contribution is -0.117. The monoisotopic (exact) mass is 434 g/mol. The first-order valence-corrected chi connectivity index (χ1v) is 10.8. The molecule has 2 heterocycles. The number of thioether (sulfide) groups is 1. The summed E-state index contributed by atoms with van der Waals surface area (Å²) in [6.45, 7) is 4.25. The highest BCUT2D eigenvalue weighted by Gasteiger charge is 2.20. The molecule has 0 bridgehead atoms. The molecule has 0 radical (unpaired) electrons. The Morgan fingerprint density at radius 3 is 2.77 bits per heavy atom. The zero-order valence-electron chi connectivity index (χ0n) is 17.2. The fourth-order valence-corrected chi connectivity index (χ4v) is 4.04. The Morgan fingerprint density at radius 1 is 1.13 bits per heavy atom. The fourth-order valence-electron chi connectivity index (χ4n) is 3.29. The molecule has 0 spiro atoms. The Kier molecular flexibility index (Phi) is 6.03. The van der Waals surface area contributed by atoms with E-state index in [0.29, 0.717) is 17.5 Å². The van der Waals surface area contributed by atoms with Crippen LogP contribution in [0.1, 0.15) is 12.5 Å². The van der Waals surface area contributed by atoms with Crippen molar-refractivity contribution in [3.63, 3.8) is 0 Å². The number of benzene rings is 2. The van der Waals surface area contributed by atoms with E-state index >= 15 is 0 Å². The first-order valence-electron chi connectivity index (χ1n) is 9.86. The number of fused-ring (bicyclic) bond motifs is 1. The molecule has 158 valence electrons. The maximum atomic E-state index is 12.2. The molecular formula is C22H22N6O2S. The van der Waals surface area contributed by atoms with Gasteiger partial charge in [0, 0.05) is 34.9 Å². The second kappa shape index (κ2) is 9.05. The second-order valence-corrected chi connectivity index (χ2v) is 7.87. The summed E-state index contributed by atoms with van der Waals surface area (Å²) in [5.41, 5.74) is 3.92. The van der Waals surface area contributed by atoms with Gasteiger partial charge in [0.05, 0.1) is 5.75 Å². The van der Waals surface area contributed by atoms with Crippen molar-refractivity contribution in [3.8, 4) is 17.1 Å². The number of carbonyl (C=O) groups excluding carboxylic acids is 2. The molecule has 0 saturated heterocycles. The first kappa shape index (κ1) is 20.7. The van der Waals surface area contributed by atoms with E-state index in [-0.39, 0.29) is 5.75 Å². The summed E-state index contributed by atoms with van der Waals surface area (Å²) in [6, 6.07) is 15.5. The Morgan fingerprint density at radius 2 is 1.97 bits per heavy atom. The van der Waals surface area contributed by atoms with Crippen LogP contribution in [0.2, 0.25) is 0 Å². The maximum absolute atomic E-state index is 12.2. The molecule has 4 aromatic rings. The molecule has 8 nitrogen and oxygen atoms in total. The third-order valence-electron chi connectivity index (χ3n) is 4.65. The first-order chi connectivity index (χ1) is 15.1. The number of nitrogens with one attached hydrogen (secondary N) is 3. The number of aryl methyl sites for hydroxylation is 1. The minimum atomic E-state index is -0.507. The van der Waals surface area contributed by atoms with Crippen molar-refractivity contribution < 1.29 is 9.59 Å². The molecule has 2 aromatic heterocycles. The van der Waals surface area contributed by atoms with Crippen LogP contribution in [-0.2, 0) is 4.79 Å². The van der Waals surface area contributed by atoms with Crippen LogP contribution in [0.25, 0.3) is 28.0 Å². The van der Waals surface area contributed by atoms with Crippen LogP contribution in [0.5, 0.6) is 0 Å². The largest absolute Gasteiger partial charge is 0.360 e. The summed E-state index contributed by atoms with van der Waals surface area (Å²) in [6.07, 6.45) is 1.91. The van der Waals surface area contributed by atoms with Crippen LogP contribution >= 0.6 is 11.8 Å². The number of nitrogens with zero attached hydrogens (tertiary/aromatic N) is 3. The van der Waals surface area contributed by atoms with Gasteiger partial charge in [-0.15, -0.1) is 10.2 Å². The number of imide groups is 1. The molecule has 0 fully saturated rings. The van der Waals surface area contributed by atoms with E-state index in [1.165, 1.54) is 11.8 Å². The second-order valence-electron chi connectivity index (χ2n) is 6.92. The number of carbonyl (C=O) groups is 2. The number of aromatic nitrogens is 4. The van der Waals surface area contributed by atoms with E-state index < -0.39 is 11.9 Å². The van der Waals surface area contributed by atoms with Gasteiger partial charge in [-0.05, 0) is 37.6 Å². The molecule has 3 amide bonds. The van der Waals surface area contributed by atoms with Crippen molar-refractivity contribution in [2.24, 2.45) is 0 Å². The number of amides is 3. The van der Waals surface area contributed by atoms with Crippen LogP contribution in [0, 0.1) is 6.92 Å². The van der Waals surface area contributed by atoms with E-state index in [0.717, 1.165) is 27.7 Å². The topological polar surface area (TPSA) is 105 Å². The standard InChI is InChI=1S/C22H22N6O2S/c1-3-23-21(30)25-19(29)13-31-22-27-26-20(28(22)15-8-6-7-14(2)11-15)17-12-24-18-10-5-4-9-16(17)18/h4-12,24H,3,13H2,1-2H3,(H2,23,25,29,30). The van der Waals surface area contributed by atoms with Gasteiger partial charge in [-0.3, -0.25) is 14.7 Å². The predicted octanol–water partition coefficient (Wildman–Crippen LogP) is 3.66. The SMILES string of the molecule is CCNC(=O)NC(=O)CSc1nnc(-c2c[nH]c3ccccc23)n1-c1cccc(C)c1. The van der Waals surface area contributed by atoms with Gasteiger partial charge in [-0.2, -0.15) is 0 Å². The van der Waals surface area contributed by atoms with Crippen LogP contribution in [0.15, 0.2) is 59.9 Å². The molecule has 0 atom stereocenters. The smallest absolute Gasteiger partial charge is 0.321 e. The minimum Gasteiger partial charge on any atom is -0.360 e. The Labute approximate surface area is 183 Å². The molecule has 0 aliphatic heterocycles. The summed E-state index contributed by atoms with van der Waals surface area (Å²) in [5.74, 6) is 0.313. The third-order valence-corrected chi connectivity index (χ3v) is 5.57. The lowest BCUT2D eigenvalue weighted by Crippen LogP contribution is -2.40. The fraction of sp³-hybridized carbons (Fsp3) is 0.182. The summed E-state index contributed by atoms with van der Waals surface area (Å²) in [7, 11) is 0. The Balaban J connectivity index is 1.70. The van der Waals surface area contributed by atoms with Gasteiger partial charge in [0.25, 0.3) is 0 Å². The van der Waals surface area contributed by atoms with Crippen molar-refractivity contribution >= 4 is 34.6 Å². The summed E-state index contributed by atoms with van der Waals surface area (Å²) < 4.78 is 1.94. The quantitative estimate of drug-likeness (QED) is 0.402. The van der Waals surface area contributed by atoms with Gasteiger partial charge >= 0.3 is 6.03 Å². The predicted molar refractivity (Wildman–Crippen MR) is 121 cm³/mol.